The summed E-state index contributed by atoms with van der Waals surface area (Å²) >= 11 is 0. The van der Waals surface area contributed by atoms with Crippen molar-refractivity contribution in [1.82, 2.24) is 15.3 Å². The summed E-state index contributed by atoms with van der Waals surface area (Å²) < 4.78 is 11.5. The number of rotatable bonds is 4. The molecule has 0 bridgehead atoms. The van der Waals surface area contributed by atoms with Crippen LogP contribution >= 0.6 is 0 Å². The van der Waals surface area contributed by atoms with Gasteiger partial charge in [0.1, 0.15) is 17.3 Å². The molecule has 1 aliphatic carbocycles. The standard InChI is InChI=1S/C20H22N4O3/c25-20-17-14(6-7-21-20)19(24-18(23-17)13-3-4-13)22-11-12-2-5-15-16(10-12)27-9-1-8-26-15/h2,5,10,13H,1,3-4,6-9,11H2,(H,21,25)(H,22,23,24). The molecule has 27 heavy (non-hydrogen) atoms. The Morgan fingerprint density at radius 1 is 1.15 bits per heavy atom. The largest absolute Gasteiger partial charge is 0.490 e. The van der Waals surface area contributed by atoms with Crippen LogP contribution in [0.3, 0.4) is 0 Å². The van der Waals surface area contributed by atoms with Crippen LogP contribution in [0.25, 0.3) is 0 Å². The number of anilines is 1. The van der Waals surface area contributed by atoms with Crippen molar-refractivity contribution in [2.24, 2.45) is 0 Å². The number of aromatic nitrogens is 2. The summed E-state index contributed by atoms with van der Waals surface area (Å²) in [5, 5.41) is 6.31. The molecule has 0 radical (unpaired) electrons. The molecule has 2 aromatic rings. The van der Waals surface area contributed by atoms with Gasteiger partial charge in [0, 0.05) is 31.0 Å². The van der Waals surface area contributed by atoms with Crippen LogP contribution < -0.4 is 20.1 Å². The Morgan fingerprint density at radius 2 is 2.00 bits per heavy atom. The van der Waals surface area contributed by atoms with Crippen LogP contribution in [-0.4, -0.2) is 35.6 Å². The molecule has 1 aromatic heterocycles. The first-order valence-corrected chi connectivity index (χ1v) is 9.59. The van der Waals surface area contributed by atoms with Gasteiger partial charge in [-0.25, -0.2) is 9.97 Å². The zero-order valence-corrected chi connectivity index (χ0v) is 15.1. The normalized spacial score (nSPS) is 18.3. The fourth-order valence-corrected chi connectivity index (χ4v) is 3.48. The molecule has 3 heterocycles. The summed E-state index contributed by atoms with van der Waals surface area (Å²) in [6.07, 6.45) is 3.83. The molecule has 1 amide bonds. The molecule has 0 spiro atoms. The molecule has 1 aromatic carbocycles. The lowest BCUT2D eigenvalue weighted by Crippen LogP contribution is -2.34. The van der Waals surface area contributed by atoms with E-state index in [2.05, 4.69) is 15.6 Å². The zero-order valence-electron chi connectivity index (χ0n) is 15.1. The van der Waals surface area contributed by atoms with Gasteiger partial charge in [-0.15, -0.1) is 0 Å². The van der Waals surface area contributed by atoms with E-state index in [1.165, 1.54) is 0 Å². The van der Waals surface area contributed by atoms with Gasteiger partial charge >= 0.3 is 0 Å². The van der Waals surface area contributed by atoms with E-state index in [1.54, 1.807) is 0 Å². The fourth-order valence-electron chi connectivity index (χ4n) is 3.48. The van der Waals surface area contributed by atoms with E-state index in [4.69, 9.17) is 14.5 Å². The van der Waals surface area contributed by atoms with Gasteiger partial charge < -0.3 is 20.1 Å². The number of carbonyl (C=O) groups excluding carboxylic acids is 1. The Balaban J connectivity index is 1.41. The molecule has 7 nitrogen and oxygen atoms in total. The third-order valence-corrected chi connectivity index (χ3v) is 5.11. The van der Waals surface area contributed by atoms with Crippen LogP contribution in [0, 0.1) is 0 Å². The predicted octanol–water partition coefficient (Wildman–Crippen LogP) is 2.41. The lowest BCUT2D eigenvalue weighted by atomic mass is 10.1. The number of nitrogens with one attached hydrogen (secondary N) is 2. The highest BCUT2D eigenvalue weighted by molar-refractivity contribution is 5.96. The molecule has 1 saturated carbocycles. The van der Waals surface area contributed by atoms with Gasteiger partial charge in [-0.1, -0.05) is 6.07 Å². The minimum absolute atomic E-state index is 0.0980. The Bertz CT molecular complexity index is 895. The summed E-state index contributed by atoms with van der Waals surface area (Å²) in [4.78, 5) is 21.5. The van der Waals surface area contributed by atoms with Gasteiger partial charge in [0.2, 0.25) is 0 Å². The van der Waals surface area contributed by atoms with Crippen LogP contribution in [0.15, 0.2) is 18.2 Å². The van der Waals surface area contributed by atoms with Crippen LogP contribution in [-0.2, 0) is 13.0 Å². The van der Waals surface area contributed by atoms with Crippen LogP contribution in [0.4, 0.5) is 5.82 Å². The maximum absolute atomic E-state index is 12.2. The number of carbonyl (C=O) groups is 1. The van der Waals surface area contributed by atoms with Gasteiger partial charge in [-0.05, 0) is 37.0 Å². The fraction of sp³-hybridized carbons (Fsp3) is 0.450. The zero-order chi connectivity index (χ0) is 18.2. The van der Waals surface area contributed by atoms with E-state index in [-0.39, 0.29) is 5.91 Å². The van der Waals surface area contributed by atoms with Crippen molar-refractivity contribution < 1.29 is 14.3 Å². The summed E-state index contributed by atoms with van der Waals surface area (Å²) in [5.41, 5.74) is 2.52. The van der Waals surface area contributed by atoms with Crippen molar-refractivity contribution in [2.45, 2.75) is 38.1 Å². The first kappa shape index (κ1) is 16.4. The molecule has 2 aliphatic heterocycles. The van der Waals surface area contributed by atoms with E-state index in [9.17, 15) is 4.79 Å². The van der Waals surface area contributed by atoms with E-state index in [0.29, 0.717) is 37.9 Å². The number of benzene rings is 1. The Morgan fingerprint density at radius 3 is 2.85 bits per heavy atom. The molecule has 0 saturated heterocycles. The third kappa shape index (κ3) is 3.29. The van der Waals surface area contributed by atoms with Crippen LogP contribution in [0.2, 0.25) is 0 Å². The van der Waals surface area contributed by atoms with Gasteiger partial charge in [0.15, 0.2) is 11.5 Å². The molecular weight excluding hydrogens is 344 g/mol. The highest BCUT2D eigenvalue weighted by Gasteiger charge is 2.31. The lowest BCUT2D eigenvalue weighted by molar-refractivity contribution is 0.0940. The maximum atomic E-state index is 12.2. The topological polar surface area (TPSA) is 85.4 Å². The second kappa shape index (κ2) is 6.72. The van der Waals surface area contributed by atoms with Crippen molar-refractivity contribution in [3.05, 3.63) is 40.8 Å². The molecule has 7 heteroatoms. The van der Waals surface area contributed by atoms with Gasteiger partial charge in [-0.2, -0.15) is 0 Å². The van der Waals surface area contributed by atoms with E-state index in [1.807, 2.05) is 18.2 Å². The molecular formula is C20H22N4O3. The van der Waals surface area contributed by atoms with Crippen molar-refractivity contribution >= 4 is 11.7 Å². The highest BCUT2D eigenvalue weighted by atomic mass is 16.5. The number of nitrogens with zero attached hydrogens (tertiary/aromatic N) is 2. The molecule has 2 N–H and O–H groups in total. The number of amides is 1. The monoisotopic (exact) mass is 366 g/mol. The molecule has 5 rings (SSSR count). The second-order valence-corrected chi connectivity index (χ2v) is 7.22. The van der Waals surface area contributed by atoms with Crippen molar-refractivity contribution in [3.8, 4) is 11.5 Å². The number of hydrogen-bond acceptors (Lipinski definition) is 6. The highest BCUT2D eigenvalue weighted by Crippen LogP contribution is 2.39. The van der Waals surface area contributed by atoms with Gasteiger partial charge in [-0.3, -0.25) is 4.79 Å². The second-order valence-electron chi connectivity index (χ2n) is 7.22. The van der Waals surface area contributed by atoms with Crippen LogP contribution in [0.1, 0.15) is 52.6 Å². The summed E-state index contributed by atoms with van der Waals surface area (Å²) in [6, 6.07) is 5.99. The average Bonchev–Trinajstić information content (AvgIpc) is 3.53. The minimum atomic E-state index is -0.0980. The maximum Gasteiger partial charge on any atom is 0.270 e. The summed E-state index contributed by atoms with van der Waals surface area (Å²) in [6.45, 7) is 2.58. The van der Waals surface area contributed by atoms with E-state index < -0.39 is 0 Å². The number of ether oxygens (including phenoxy) is 2. The Labute approximate surface area is 157 Å². The third-order valence-electron chi connectivity index (χ3n) is 5.11. The number of fused-ring (bicyclic) bond motifs is 2. The predicted molar refractivity (Wildman–Crippen MR) is 99.4 cm³/mol. The quantitative estimate of drug-likeness (QED) is 0.864. The summed E-state index contributed by atoms with van der Waals surface area (Å²) in [7, 11) is 0. The van der Waals surface area contributed by atoms with E-state index >= 15 is 0 Å². The Hall–Kier alpha value is -2.83. The van der Waals surface area contributed by atoms with Crippen LogP contribution in [0.5, 0.6) is 11.5 Å². The molecule has 140 valence electrons. The molecule has 0 unspecified atom stereocenters. The van der Waals surface area contributed by atoms with E-state index in [0.717, 1.165) is 60.0 Å². The SMILES string of the molecule is O=C1NCCc2c(NCc3ccc4c(c3)OCCCO4)nc(C3CC3)nc21. The first-order valence-electron chi connectivity index (χ1n) is 9.59. The van der Waals surface area contributed by atoms with Gasteiger partial charge in [0.25, 0.3) is 5.91 Å². The summed E-state index contributed by atoms with van der Waals surface area (Å²) in [5.74, 6) is 3.44. The Kier molecular flexibility index (Phi) is 4.07. The smallest absolute Gasteiger partial charge is 0.270 e. The number of hydrogen-bond donors (Lipinski definition) is 2. The van der Waals surface area contributed by atoms with Crippen molar-refractivity contribution in [1.29, 1.82) is 0 Å². The average molecular weight is 366 g/mol. The van der Waals surface area contributed by atoms with Crippen molar-refractivity contribution in [2.75, 3.05) is 25.1 Å². The molecule has 3 aliphatic rings. The van der Waals surface area contributed by atoms with Gasteiger partial charge in [0.05, 0.1) is 13.2 Å². The van der Waals surface area contributed by atoms with Crippen molar-refractivity contribution in [3.63, 3.8) is 0 Å². The molecule has 1 fully saturated rings. The minimum Gasteiger partial charge on any atom is -0.490 e. The lowest BCUT2D eigenvalue weighted by Gasteiger charge is -2.20. The molecule has 0 atom stereocenters. The first-order chi connectivity index (χ1) is 13.3.